The third kappa shape index (κ3) is 10.3. The molecule has 0 aliphatic heterocycles. The maximum atomic E-state index is 4.15. The lowest BCUT2D eigenvalue weighted by atomic mass is 10.1. The summed E-state index contributed by atoms with van der Waals surface area (Å²) in [7, 11) is 0. The number of nitrogens with zero attached hydrogens (tertiary/aromatic N) is 2. The monoisotopic (exact) mass is 324 g/mol. The van der Waals surface area contributed by atoms with Crippen LogP contribution >= 0.6 is 11.8 Å². The van der Waals surface area contributed by atoms with Gasteiger partial charge < -0.3 is 4.57 Å². The number of aryl methyl sites for hydroxylation is 1. The summed E-state index contributed by atoms with van der Waals surface area (Å²) in [6, 6.07) is 0. The van der Waals surface area contributed by atoms with E-state index >= 15 is 0 Å². The Kier molecular flexibility index (Phi) is 12.6. The Bertz CT molecular complexity index is 310. The molecule has 1 heterocycles. The Balaban J connectivity index is 2.19. The van der Waals surface area contributed by atoms with Crippen LogP contribution in [0.4, 0.5) is 0 Å². The molecule has 0 N–H and O–H groups in total. The van der Waals surface area contributed by atoms with E-state index in [9.17, 15) is 0 Å². The van der Waals surface area contributed by atoms with E-state index in [0.29, 0.717) is 0 Å². The van der Waals surface area contributed by atoms with Crippen molar-refractivity contribution in [3.8, 4) is 0 Å². The number of unbranched alkanes of at least 4 members (excludes halogenated alkanes) is 7. The Hall–Kier alpha value is -0.440. The van der Waals surface area contributed by atoms with Crippen LogP contribution in [0.2, 0.25) is 0 Å². The third-order valence-electron chi connectivity index (χ3n) is 4.25. The highest BCUT2D eigenvalue weighted by molar-refractivity contribution is 7.99. The molecule has 0 bridgehead atoms. The van der Waals surface area contributed by atoms with Gasteiger partial charge in [0.15, 0.2) is 0 Å². The van der Waals surface area contributed by atoms with Crippen LogP contribution in [0.25, 0.3) is 0 Å². The van der Waals surface area contributed by atoms with Gasteiger partial charge in [0.1, 0.15) is 0 Å². The maximum Gasteiger partial charge on any atom is 0.0945 e. The smallest absolute Gasteiger partial charge is 0.0945 e. The van der Waals surface area contributed by atoms with Gasteiger partial charge in [0.05, 0.1) is 6.33 Å². The molecular formula is C19H36N2S. The summed E-state index contributed by atoms with van der Waals surface area (Å²) in [5.41, 5.74) is 0. The van der Waals surface area contributed by atoms with Crippen molar-refractivity contribution in [3.05, 3.63) is 18.7 Å². The van der Waals surface area contributed by atoms with Gasteiger partial charge in [-0.05, 0) is 25.0 Å². The number of thioether (sulfide) groups is 1. The number of hydrogen-bond donors (Lipinski definition) is 0. The van der Waals surface area contributed by atoms with Gasteiger partial charge in [-0.3, -0.25) is 0 Å². The second kappa shape index (κ2) is 14.2. The zero-order valence-electron chi connectivity index (χ0n) is 14.8. The molecule has 0 aromatic carbocycles. The van der Waals surface area contributed by atoms with E-state index < -0.39 is 0 Å². The Labute approximate surface area is 142 Å². The summed E-state index contributed by atoms with van der Waals surface area (Å²) >= 11 is 2.22. The van der Waals surface area contributed by atoms with E-state index in [1.165, 1.54) is 76.4 Å². The maximum absolute atomic E-state index is 4.15. The molecule has 0 aliphatic rings. The first-order chi connectivity index (χ1) is 10.9. The van der Waals surface area contributed by atoms with Crippen LogP contribution in [0.15, 0.2) is 18.7 Å². The molecule has 0 saturated carbocycles. The van der Waals surface area contributed by atoms with Crippen molar-refractivity contribution in [3.63, 3.8) is 0 Å². The van der Waals surface area contributed by atoms with Crippen LogP contribution in [0.3, 0.4) is 0 Å². The molecule has 0 spiro atoms. The number of rotatable bonds is 15. The van der Waals surface area contributed by atoms with E-state index in [4.69, 9.17) is 0 Å². The average Bonchev–Trinajstić information content (AvgIpc) is 3.04. The van der Waals surface area contributed by atoms with Crippen LogP contribution in [0.5, 0.6) is 0 Å². The number of hydrogen-bond acceptors (Lipinski definition) is 2. The van der Waals surface area contributed by atoms with Gasteiger partial charge in [0.2, 0.25) is 0 Å². The van der Waals surface area contributed by atoms with Crippen molar-refractivity contribution >= 4 is 11.8 Å². The normalized spacial score (nSPS) is 12.6. The molecule has 0 saturated heterocycles. The van der Waals surface area contributed by atoms with Crippen molar-refractivity contribution < 1.29 is 0 Å². The summed E-state index contributed by atoms with van der Waals surface area (Å²) in [5, 5.41) is 0.839. The Morgan fingerprint density at radius 2 is 1.64 bits per heavy atom. The molecule has 0 amide bonds. The van der Waals surface area contributed by atoms with Crippen LogP contribution in [-0.2, 0) is 6.54 Å². The molecule has 3 heteroatoms. The van der Waals surface area contributed by atoms with Crippen molar-refractivity contribution in [1.82, 2.24) is 9.55 Å². The topological polar surface area (TPSA) is 17.8 Å². The predicted molar refractivity (Wildman–Crippen MR) is 101 cm³/mol. The zero-order chi connectivity index (χ0) is 15.9. The Morgan fingerprint density at radius 3 is 2.32 bits per heavy atom. The quantitative estimate of drug-likeness (QED) is 0.351. The van der Waals surface area contributed by atoms with Gasteiger partial charge in [0.25, 0.3) is 0 Å². The fourth-order valence-corrected chi connectivity index (χ4v) is 4.09. The second-order valence-corrected chi connectivity index (χ2v) is 7.75. The second-order valence-electron chi connectivity index (χ2n) is 6.35. The molecule has 1 rings (SSSR count). The minimum Gasteiger partial charge on any atom is -0.337 e. The van der Waals surface area contributed by atoms with E-state index in [0.717, 1.165) is 11.8 Å². The first-order valence-corrected chi connectivity index (χ1v) is 10.5. The highest BCUT2D eigenvalue weighted by Crippen LogP contribution is 2.24. The molecular weight excluding hydrogens is 288 g/mol. The third-order valence-corrected chi connectivity index (χ3v) is 5.72. The highest BCUT2D eigenvalue weighted by Gasteiger charge is 2.09. The molecule has 0 fully saturated rings. The molecule has 2 nitrogen and oxygen atoms in total. The van der Waals surface area contributed by atoms with Gasteiger partial charge in [-0.15, -0.1) is 0 Å². The molecule has 1 unspecified atom stereocenters. The van der Waals surface area contributed by atoms with Crippen molar-refractivity contribution in [2.24, 2.45) is 0 Å². The van der Waals surface area contributed by atoms with E-state index in [-0.39, 0.29) is 0 Å². The number of aromatic nitrogens is 2. The van der Waals surface area contributed by atoms with Crippen molar-refractivity contribution in [1.29, 1.82) is 0 Å². The lowest BCUT2D eigenvalue weighted by Gasteiger charge is -2.17. The summed E-state index contributed by atoms with van der Waals surface area (Å²) in [6.45, 7) is 5.71. The van der Waals surface area contributed by atoms with Gasteiger partial charge in [0, 0.05) is 24.2 Å². The number of imidazole rings is 1. The van der Waals surface area contributed by atoms with E-state index in [1.807, 2.05) is 12.5 Å². The molecule has 0 aliphatic carbocycles. The largest absolute Gasteiger partial charge is 0.337 e. The van der Waals surface area contributed by atoms with E-state index in [1.54, 1.807) is 0 Å². The fourth-order valence-electron chi connectivity index (χ4n) is 2.78. The first kappa shape index (κ1) is 19.6. The van der Waals surface area contributed by atoms with Gasteiger partial charge >= 0.3 is 0 Å². The fraction of sp³-hybridized carbons (Fsp3) is 0.842. The van der Waals surface area contributed by atoms with Gasteiger partial charge in [-0.2, -0.15) is 11.8 Å². The SMILES string of the molecule is CCCCCCCC(CCn1ccnc1)SCCCCCC. The minimum absolute atomic E-state index is 0.839. The minimum atomic E-state index is 0.839. The molecule has 1 aromatic heterocycles. The standard InChI is InChI=1S/C19H36N2S/c1-3-5-7-9-10-12-19(22-17-11-8-6-4-2)13-15-21-16-14-20-18-21/h14,16,18-19H,3-13,15,17H2,1-2H3. The van der Waals surface area contributed by atoms with Crippen LogP contribution in [0.1, 0.15) is 84.5 Å². The summed E-state index contributed by atoms with van der Waals surface area (Å²) in [6.07, 6.45) is 21.2. The van der Waals surface area contributed by atoms with Crippen LogP contribution < -0.4 is 0 Å². The molecule has 1 aromatic rings. The summed E-state index contributed by atoms with van der Waals surface area (Å²) in [4.78, 5) is 4.15. The van der Waals surface area contributed by atoms with Crippen molar-refractivity contribution in [2.75, 3.05) is 5.75 Å². The predicted octanol–water partition coefficient (Wildman–Crippen LogP) is 6.32. The molecule has 128 valence electrons. The first-order valence-electron chi connectivity index (χ1n) is 9.44. The average molecular weight is 325 g/mol. The molecule has 1 atom stereocenters. The molecule has 22 heavy (non-hydrogen) atoms. The summed E-state index contributed by atoms with van der Waals surface area (Å²) in [5.74, 6) is 1.35. The highest BCUT2D eigenvalue weighted by atomic mass is 32.2. The van der Waals surface area contributed by atoms with Gasteiger partial charge in [-0.1, -0.05) is 65.2 Å². The van der Waals surface area contributed by atoms with Crippen LogP contribution in [0, 0.1) is 0 Å². The zero-order valence-corrected chi connectivity index (χ0v) is 15.6. The lowest BCUT2D eigenvalue weighted by molar-refractivity contribution is 0.553. The Morgan fingerprint density at radius 1 is 0.909 bits per heavy atom. The molecule has 0 radical (unpaired) electrons. The van der Waals surface area contributed by atoms with Crippen molar-refractivity contribution in [2.45, 2.75) is 96.3 Å². The summed E-state index contributed by atoms with van der Waals surface area (Å²) < 4.78 is 2.22. The van der Waals surface area contributed by atoms with Crippen LogP contribution in [-0.4, -0.2) is 20.6 Å². The van der Waals surface area contributed by atoms with E-state index in [2.05, 4.69) is 41.4 Å². The van der Waals surface area contributed by atoms with Gasteiger partial charge in [-0.25, -0.2) is 4.98 Å². The lowest BCUT2D eigenvalue weighted by Crippen LogP contribution is -2.09.